The lowest BCUT2D eigenvalue weighted by Crippen LogP contribution is -2.67. The molecule has 2 saturated carbocycles. The van der Waals surface area contributed by atoms with Crippen molar-refractivity contribution in [2.45, 2.75) is 49.5 Å². The van der Waals surface area contributed by atoms with Gasteiger partial charge in [0.25, 0.3) is 0 Å². The number of allylic oxidation sites excluding steroid dienone is 6. The molecule has 0 heterocycles. The van der Waals surface area contributed by atoms with Crippen molar-refractivity contribution in [2.75, 3.05) is 5.88 Å². The van der Waals surface area contributed by atoms with Crippen LogP contribution in [0.15, 0.2) is 35.7 Å². The minimum Gasteiger partial charge on any atom is -0.381 e. The van der Waals surface area contributed by atoms with Gasteiger partial charge < -0.3 is 5.11 Å². The Labute approximate surface area is 185 Å². The average Bonchev–Trinajstić information content (AvgIpc) is 2.86. The minimum atomic E-state index is -1.65. The number of aliphatic hydroxyl groups is 1. The van der Waals surface area contributed by atoms with Crippen molar-refractivity contribution in [3.05, 3.63) is 35.7 Å². The zero-order valence-electron chi connectivity index (χ0n) is 16.5. The van der Waals surface area contributed by atoms with Crippen LogP contribution < -0.4 is 0 Å². The molecule has 7 heteroatoms. The maximum Gasteiger partial charge on any atom is 0.179 e. The van der Waals surface area contributed by atoms with E-state index < -0.39 is 44.2 Å². The lowest BCUT2D eigenvalue weighted by Gasteiger charge is -2.62. The highest BCUT2D eigenvalue weighted by Gasteiger charge is 2.74. The molecule has 4 aliphatic carbocycles. The second-order valence-corrected chi connectivity index (χ2v) is 10.9. The van der Waals surface area contributed by atoms with Crippen LogP contribution in [0.1, 0.15) is 33.6 Å². The summed E-state index contributed by atoms with van der Waals surface area (Å²) >= 11 is 20.1. The predicted octanol–water partition coefficient (Wildman–Crippen LogP) is 4.73. The molecule has 4 aliphatic rings. The number of ketones is 2. The molecule has 0 spiro atoms. The molecule has 0 aromatic rings. The molecule has 0 bridgehead atoms. The van der Waals surface area contributed by atoms with Crippen molar-refractivity contribution < 1.29 is 19.1 Å². The van der Waals surface area contributed by atoms with Gasteiger partial charge in [-0.2, -0.15) is 0 Å². The Morgan fingerprint density at radius 3 is 2.66 bits per heavy atom. The SMILES string of the molecule is CC1C[C@H]2[C@@H]3C=C(F)C4=CC(=O)C=C[C@]4(C)[C@@]3(Cl)C(Cl)C[C@]2(C)[C@@]1(O)C(=O)CCl. The smallest absolute Gasteiger partial charge is 0.179 e. The van der Waals surface area contributed by atoms with Gasteiger partial charge in [0.15, 0.2) is 11.6 Å². The number of alkyl halides is 3. The lowest BCUT2D eigenvalue weighted by molar-refractivity contribution is -0.160. The number of carbonyl (C=O) groups is 2. The van der Waals surface area contributed by atoms with Gasteiger partial charge in [-0.1, -0.05) is 26.8 Å². The summed E-state index contributed by atoms with van der Waals surface area (Å²) in [5.74, 6) is -2.67. The van der Waals surface area contributed by atoms with Gasteiger partial charge in [0, 0.05) is 22.3 Å². The van der Waals surface area contributed by atoms with Gasteiger partial charge in [-0.25, -0.2) is 4.39 Å². The molecule has 2 unspecified atom stereocenters. The topological polar surface area (TPSA) is 54.4 Å². The predicted molar refractivity (Wildman–Crippen MR) is 112 cm³/mol. The quantitative estimate of drug-likeness (QED) is 0.605. The first-order valence-corrected chi connectivity index (χ1v) is 11.2. The number of fused-ring (bicyclic) bond motifs is 5. The van der Waals surface area contributed by atoms with Crippen molar-refractivity contribution in [3.8, 4) is 0 Å². The fraction of sp³-hybridized carbons (Fsp3) is 0.636. The van der Waals surface area contributed by atoms with Crippen LogP contribution in [-0.4, -0.2) is 38.4 Å². The molecule has 3 nitrogen and oxygen atoms in total. The summed E-state index contributed by atoms with van der Waals surface area (Å²) in [4.78, 5) is 23.5. The lowest BCUT2D eigenvalue weighted by atomic mass is 9.48. The van der Waals surface area contributed by atoms with Crippen LogP contribution in [0.4, 0.5) is 4.39 Å². The van der Waals surface area contributed by atoms with Crippen molar-refractivity contribution in [2.24, 2.45) is 28.6 Å². The molecule has 0 radical (unpaired) electrons. The maximum absolute atomic E-state index is 15.3. The summed E-state index contributed by atoms with van der Waals surface area (Å²) in [6.45, 7) is 5.47. The number of rotatable bonds is 2. The van der Waals surface area contributed by atoms with E-state index in [1.807, 2.05) is 13.8 Å². The van der Waals surface area contributed by atoms with E-state index in [9.17, 15) is 14.7 Å². The van der Waals surface area contributed by atoms with Gasteiger partial charge in [0.05, 0.1) is 16.1 Å². The van der Waals surface area contributed by atoms with E-state index in [1.54, 1.807) is 13.0 Å². The fourth-order valence-electron chi connectivity index (χ4n) is 6.71. The van der Waals surface area contributed by atoms with Gasteiger partial charge in [-0.15, -0.1) is 34.8 Å². The van der Waals surface area contributed by atoms with Gasteiger partial charge in [0.1, 0.15) is 11.4 Å². The first-order chi connectivity index (χ1) is 13.4. The van der Waals surface area contributed by atoms with Gasteiger partial charge in [-0.3, -0.25) is 9.59 Å². The summed E-state index contributed by atoms with van der Waals surface area (Å²) in [6.07, 6.45) is 6.58. The molecule has 0 aromatic heterocycles. The zero-order valence-corrected chi connectivity index (χ0v) is 18.8. The molecule has 4 rings (SSSR count). The number of hydrogen-bond donors (Lipinski definition) is 1. The molecule has 0 aliphatic heterocycles. The van der Waals surface area contributed by atoms with E-state index >= 15 is 4.39 Å². The number of hydrogen-bond acceptors (Lipinski definition) is 3. The highest BCUT2D eigenvalue weighted by Crippen LogP contribution is 2.71. The van der Waals surface area contributed by atoms with Crippen molar-refractivity contribution in [1.82, 2.24) is 0 Å². The molecule has 8 atom stereocenters. The molecule has 29 heavy (non-hydrogen) atoms. The molecular weight excluding hydrogens is 438 g/mol. The second kappa shape index (κ2) is 6.41. The van der Waals surface area contributed by atoms with E-state index in [4.69, 9.17) is 34.8 Å². The molecule has 1 N–H and O–H groups in total. The Bertz CT molecular complexity index is 898. The third-order valence-corrected chi connectivity index (χ3v) is 10.1. The molecule has 2 fully saturated rings. The zero-order chi connectivity index (χ0) is 21.6. The number of halogens is 4. The van der Waals surface area contributed by atoms with Crippen molar-refractivity contribution in [1.29, 1.82) is 0 Å². The maximum atomic E-state index is 15.3. The molecule has 0 aromatic carbocycles. The Balaban J connectivity index is 1.93. The highest BCUT2D eigenvalue weighted by molar-refractivity contribution is 6.34. The van der Waals surface area contributed by atoms with E-state index in [1.165, 1.54) is 18.2 Å². The third kappa shape index (κ3) is 2.35. The summed E-state index contributed by atoms with van der Waals surface area (Å²) < 4.78 is 15.3. The highest BCUT2D eigenvalue weighted by atomic mass is 35.5. The Morgan fingerprint density at radius 2 is 2.03 bits per heavy atom. The van der Waals surface area contributed by atoms with E-state index in [0.29, 0.717) is 6.42 Å². The largest absolute Gasteiger partial charge is 0.381 e. The van der Waals surface area contributed by atoms with Gasteiger partial charge in [0.2, 0.25) is 0 Å². The van der Waals surface area contributed by atoms with E-state index in [-0.39, 0.29) is 35.5 Å². The summed E-state index contributed by atoms with van der Waals surface area (Å²) in [5, 5.41) is 10.9. The number of carbonyl (C=O) groups excluding carboxylic acids is 2. The van der Waals surface area contributed by atoms with Crippen LogP contribution in [0, 0.1) is 28.6 Å². The summed E-state index contributed by atoms with van der Waals surface area (Å²) in [7, 11) is 0. The molecule has 0 amide bonds. The van der Waals surface area contributed by atoms with Crippen molar-refractivity contribution >= 4 is 46.4 Å². The molecule has 0 saturated heterocycles. The molecular formula is C22H24Cl3FO3. The normalized spacial score (nSPS) is 51.0. The number of Topliss-reactive ketones (excluding diaryl/α,β-unsaturated/α-hetero) is 1. The first kappa shape index (κ1) is 21.5. The Hall–Kier alpha value is -0.680. The summed E-state index contributed by atoms with van der Waals surface area (Å²) in [6, 6.07) is 0. The van der Waals surface area contributed by atoms with E-state index in [0.717, 1.165) is 0 Å². The Morgan fingerprint density at radius 1 is 1.38 bits per heavy atom. The monoisotopic (exact) mass is 460 g/mol. The van der Waals surface area contributed by atoms with Crippen molar-refractivity contribution in [3.63, 3.8) is 0 Å². The average molecular weight is 462 g/mol. The summed E-state index contributed by atoms with van der Waals surface area (Å²) in [5.41, 5.74) is -3.29. The van der Waals surface area contributed by atoms with Crippen LogP contribution in [0.25, 0.3) is 0 Å². The van der Waals surface area contributed by atoms with Crippen LogP contribution in [0.3, 0.4) is 0 Å². The minimum absolute atomic E-state index is 0.239. The standard InChI is InChI=1S/C22H24Cl3FO3/c1-11-6-13-14-8-16(26)15-7-12(27)4-5-19(15,2)21(14,25)17(24)9-20(13,3)22(11,29)18(28)10-23/h4-5,7-8,11,13-14,17,29H,6,9-10H2,1-3H3/t11?,13-,14-,17?,19-,20-,21-,22-/m0/s1. The van der Waals surface area contributed by atoms with Gasteiger partial charge >= 0.3 is 0 Å². The fourth-order valence-corrected chi connectivity index (χ4v) is 8.06. The second-order valence-electron chi connectivity index (χ2n) is 9.46. The van der Waals surface area contributed by atoms with Crippen LogP contribution in [0.2, 0.25) is 0 Å². The molecule has 158 valence electrons. The van der Waals surface area contributed by atoms with Crippen LogP contribution in [-0.2, 0) is 9.59 Å². The Kier molecular flexibility index (Phi) is 4.77. The van der Waals surface area contributed by atoms with Crippen LogP contribution >= 0.6 is 34.8 Å². The van der Waals surface area contributed by atoms with Crippen LogP contribution in [0.5, 0.6) is 0 Å². The van der Waals surface area contributed by atoms with E-state index in [2.05, 4.69) is 0 Å². The third-order valence-electron chi connectivity index (χ3n) is 8.34. The van der Waals surface area contributed by atoms with Gasteiger partial charge in [-0.05, 0) is 42.9 Å². The first-order valence-electron chi connectivity index (χ1n) is 9.85.